The van der Waals surface area contributed by atoms with Gasteiger partial charge in [0.2, 0.25) is 0 Å². The maximum atomic E-state index is 12.7. The molecule has 0 bridgehead atoms. The Hall–Kier alpha value is -1.80. The van der Waals surface area contributed by atoms with Crippen LogP contribution in [0, 0.1) is 0 Å². The molecule has 2 amide bonds. The van der Waals surface area contributed by atoms with Gasteiger partial charge in [0.15, 0.2) is 9.84 Å². The van der Waals surface area contributed by atoms with Crippen molar-refractivity contribution in [1.82, 2.24) is 9.80 Å². The van der Waals surface area contributed by atoms with Crippen LogP contribution in [0.3, 0.4) is 0 Å². The molecule has 3 rings (SSSR count). The van der Waals surface area contributed by atoms with Crippen molar-refractivity contribution in [2.75, 3.05) is 26.0 Å². The number of benzene rings is 1. The zero-order chi connectivity index (χ0) is 19.1. The molecule has 9 heteroatoms. The van der Waals surface area contributed by atoms with Crippen molar-refractivity contribution in [2.24, 2.45) is 0 Å². The number of carbonyl (C=O) groups excluding carboxylic acids is 2. The second-order valence-corrected chi connectivity index (χ2v) is 9.19. The van der Waals surface area contributed by atoms with Gasteiger partial charge in [-0.2, -0.15) is 0 Å². The molecule has 2 heterocycles. The quantitative estimate of drug-likeness (QED) is 0.776. The molecular formula is C17H21ClN2O5S. The summed E-state index contributed by atoms with van der Waals surface area (Å²) in [5.74, 6) is -0.231. The van der Waals surface area contributed by atoms with Crippen molar-refractivity contribution in [2.45, 2.75) is 36.7 Å². The number of nitrogens with zero attached hydrogens (tertiary/aromatic N) is 2. The van der Waals surface area contributed by atoms with Crippen LogP contribution < -0.4 is 0 Å². The van der Waals surface area contributed by atoms with E-state index in [2.05, 4.69) is 0 Å². The number of hydrogen-bond donors (Lipinski definition) is 0. The third-order valence-electron chi connectivity index (χ3n) is 4.88. The van der Waals surface area contributed by atoms with Crippen molar-refractivity contribution >= 4 is 33.4 Å². The van der Waals surface area contributed by atoms with E-state index >= 15 is 0 Å². The Morgan fingerprint density at radius 2 is 1.92 bits per heavy atom. The van der Waals surface area contributed by atoms with Gasteiger partial charge in [-0.25, -0.2) is 13.2 Å². The number of ether oxygens (including phenoxy) is 1. The highest BCUT2D eigenvalue weighted by Gasteiger charge is 2.37. The van der Waals surface area contributed by atoms with Gasteiger partial charge in [-0.1, -0.05) is 11.6 Å². The maximum absolute atomic E-state index is 12.7. The second kappa shape index (κ2) is 7.08. The van der Waals surface area contributed by atoms with Crippen LogP contribution in [0.25, 0.3) is 0 Å². The summed E-state index contributed by atoms with van der Waals surface area (Å²) in [7, 11) is -3.38. The fourth-order valence-electron chi connectivity index (χ4n) is 3.45. The molecule has 1 aromatic carbocycles. The summed E-state index contributed by atoms with van der Waals surface area (Å²) in [5.41, 5.74) is 0.284. The molecule has 2 fully saturated rings. The van der Waals surface area contributed by atoms with Crippen LogP contribution in [0.15, 0.2) is 23.1 Å². The molecule has 2 aliphatic rings. The first-order chi connectivity index (χ1) is 12.2. The summed E-state index contributed by atoms with van der Waals surface area (Å²) in [4.78, 5) is 28.1. The van der Waals surface area contributed by atoms with Gasteiger partial charge < -0.3 is 9.64 Å². The Labute approximate surface area is 157 Å². The molecule has 0 N–H and O–H groups in total. The average molecular weight is 401 g/mol. The number of carbonyl (C=O) groups is 2. The molecule has 2 aliphatic heterocycles. The third-order valence-corrected chi connectivity index (χ3v) is 6.30. The minimum absolute atomic E-state index is 0.0488. The Kier molecular flexibility index (Phi) is 5.16. The normalized spacial score (nSPS) is 21.8. The first kappa shape index (κ1) is 19.0. The minimum Gasteiger partial charge on any atom is -0.447 e. The number of amides is 2. The van der Waals surface area contributed by atoms with Gasteiger partial charge in [0.05, 0.1) is 21.5 Å². The van der Waals surface area contributed by atoms with Crippen LogP contribution in [0.1, 0.15) is 30.1 Å². The summed E-state index contributed by atoms with van der Waals surface area (Å²) in [6, 6.07) is 4.26. The topological polar surface area (TPSA) is 84.0 Å². The summed E-state index contributed by atoms with van der Waals surface area (Å²) < 4.78 is 28.2. The first-order valence-corrected chi connectivity index (χ1v) is 10.7. The summed E-state index contributed by atoms with van der Waals surface area (Å²) in [6.07, 6.45) is 2.14. The van der Waals surface area contributed by atoms with Crippen molar-refractivity contribution in [3.63, 3.8) is 0 Å². The van der Waals surface area contributed by atoms with Gasteiger partial charge in [0, 0.05) is 25.4 Å². The van der Waals surface area contributed by atoms with E-state index in [1.807, 2.05) is 6.92 Å². The highest BCUT2D eigenvalue weighted by molar-refractivity contribution is 7.90. The van der Waals surface area contributed by atoms with Crippen LogP contribution >= 0.6 is 11.6 Å². The van der Waals surface area contributed by atoms with Gasteiger partial charge in [-0.15, -0.1) is 0 Å². The molecule has 7 nitrogen and oxygen atoms in total. The van der Waals surface area contributed by atoms with Gasteiger partial charge in [-0.3, -0.25) is 9.69 Å². The number of halogens is 1. The van der Waals surface area contributed by atoms with Crippen molar-refractivity contribution in [3.8, 4) is 0 Å². The molecule has 26 heavy (non-hydrogen) atoms. The highest BCUT2D eigenvalue weighted by Crippen LogP contribution is 2.27. The van der Waals surface area contributed by atoms with Crippen molar-refractivity contribution in [3.05, 3.63) is 28.8 Å². The number of sulfone groups is 1. The van der Waals surface area contributed by atoms with E-state index in [4.69, 9.17) is 16.3 Å². The minimum atomic E-state index is -3.38. The molecule has 0 spiro atoms. The summed E-state index contributed by atoms with van der Waals surface area (Å²) in [5, 5.41) is 0.122. The van der Waals surface area contributed by atoms with Gasteiger partial charge in [0.1, 0.15) is 6.61 Å². The lowest BCUT2D eigenvalue weighted by Crippen LogP contribution is -2.49. The molecule has 0 saturated carbocycles. The highest BCUT2D eigenvalue weighted by atomic mass is 35.5. The van der Waals surface area contributed by atoms with E-state index in [1.165, 1.54) is 18.2 Å². The standard InChI is InChI=1S/C17H21ClN2O5S/c1-11-10-25-17(22)20(11)12-5-7-19(8-6-12)16(21)14-4-3-13(9-15(14)18)26(2,23)24/h3-4,9,11-12H,5-8,10H2,1-2H3. The van der Waals surface area contributed by atoms with Crippen molar-refractivity contribution < 1.29 is 22.7 Å². The fraction of sp³-hybridized carbons (Fsp3) is 0.529. The molecule has 0 radical (unpaired) electrons. The van der Waals surface area contributed by atoms with Crippen LogP contribution in [-0.2, 0) is 14.6 Å². The molecular weight excluding hydrogens is 380 g/mol. The predicted molar refractivity (Wildman–Crippen MR) is 96.1 cm³/mol. The van der Waals surface area contributed by atoms with E-state index in [0.29, 0.717) is 32.5 Å². The number of piperidine rings is 1. The lowest BCUT2D eigenvalue weighted by Gasteiger charge is -2.37. The van der Waals surface area contributed by atoms with E-state index in [1.54, 1.807) is 9.80 Å². The molecule has 1 atom stereocenters. The van der Waals surface area contributed by atoms with Gasteiger partial charge >= 0.3 is 6.09 Å². The molecule has 2 saturated heterocycles. The average Bonchev–Trinajstić information content (AvgIpc) is 2.92. The van der Waals surface area contributed by atoms with E-state index < -0.39 is 9.84 Å². The number of hydrogen-bond acceptors (Lipinski definition) is 5. The second-order valence-electron chi connectivity index (χ2n) is 6.77. The Morgan fingerprint density at radius 1 is 1.27 bits per heavy atom. The zero-order valence-electron chi connectivity index (χ0n) is 14.6. The molecule has 1 aromatic rings. The maximum Gasteiger partial charge on any atom is 0.410 e. The van der Waals surface area contributed by atoms with Crippen LogP contribution in [-0.4, -0.2) is 68.3 Å². The summed E-state index contributed by atoms with van der Waals surface area (Å²) in [6.45, 7) is 3.36. The van der Waals surface area contributed by atoms with E-state index in [9.17, 15) is 18.0 Å². The predicted octanol–water partition coefficient (Wildman–Crippen LogP) is 2.19. The summed E-state index contributed by atoms with van der Waals surface area (Å²) >= 11 is 6.14. The van der Waals surface area contributed by atoms with E-state index in [-0.39, 0.29) is 39.6 Å². The van der Waals surface area contributed by atoms with E-state index in [0.717, 1.165) is 6.26 Å². The fourth-order valence-corrected chi connectivity index (χ4v) is 4.43. The largest absolute Gasteiger partial charge is 0.447 e. The van der Waals surface area contributed by atoms with Crippen LogP contribution in [0.5, 0.6) is 0 Å². The monoisotopic (exact) mass is 400 g/mol. The van der Waals surface area contributed by atoms with Crippen LogP contribution in [0.2, 0.25) is 5.02 Å². The SMILES string of the molecule is CC1COC(=O)N1C1CCN(C(=O)c2ccc(S(C)(=O)=O)cc2Cl)CC1. The Bertz CT molecular complexity index is 834. The smallest absolute Gasteiger partial charge is 0.410 e. The molecule has 0 aliphatic carbocycles. The molecule has 1 unspecified atom stereocenters. The van der Waals surface area contributed by atoms with Gasteiger partial charge in [0.25, 0.3) is 5.91 Å². The van der Waals surface area contributed by atoms with Gasteiger partial charge in [-0.05, 0) is 38.0 Å². The molecule has 142 valence electrons. The third kappa shape index (κ3) is 3.66. The number of cyclic esters (lactones) is 1. The zero-order valence-corrected chi connectivity index (χ0v) is 16.2. The molecule has 0 aromatic heterocycles. The number of likely N-dealkylation sites (tertiary alicyclic amines) is 1. The first-order valence-electron chi connectivity index (χ1n) is 8.42. The Morgan fingerprint density at radius 3 is 2.42 bits per heavy atom. The lowest BCUT2D eigenvalue weighted by molar-refractivity contribution is 0.0641. The Balaban J connectivity index is 1.68. The number of rotatable bonds is 3. The lowest BCUT2D eigenvalue weighted by atomic mass is 10.0. The van der Waals surface area contributed by atoms with Crippen molar-refractivity contribution in [1.29, 1.82) is 0 Å². The van der Waals surface area contributed by atoms with Crippen LogP contribution in [0.4, 0.5) is 4.79 Å².